The summed E-state index contributed by atoms with van der Waals surface area (Å²) in [6.07, 6.45) is 0. The summed E-state index contributed by atoms with van der Waals surface area (Å²) >= 11 is 0. The summed E-state index contributed by atoms with van der Waals surface area (Å²) < 4.78 is 6.47. The Kier molecular flexibility index (Phi) is 3.71. The SMILES string of the molecule is CC(C(=O)NCCN)c1ccc2oc(=O)n(C)c2c1. The summed E-state index contributed by atoms with van der Waals surface area (Å²) in [5.41, 5.74) is 7.38. The number of aromatic nitrogens is 1. The number of oxazole rings is 1. The third kappa shape index (κ3) is 2.53. The van der Waals surface area contributed by atoms with Crippen LogP contribution in [-0.2, 0) is 11.8 Å². The van der Waals surface area contributed by atoms with Crippen LogP contribution in [0.2, 0.25) is 0 Å². The van der Waals surface area contributed by atoms with Gasteiger partial charge >= 0.3 is 5.76 Å². The fourth-order valence-corrected chi connectivity index (χ4v) is 1.91. The first-order valence-electron chi connectivity index (χ1n) is 6.12. The maximum absolute atomic E-state index is 11.9. The summed E-state index contributed by atoms with van der Waals surface area (Å²) in [4.78, 5) is 23.3. The highest BCUT2D eigenvalue weighted by Gasteiger charge is 2.16. The van der Waals surface area contributed by atoms with Gasteiger partial charge in [0.15, 0.2) is 5.58 Å². The van der Waals surface area contributed by atoms with E-state index in [-0.39, 0.29) is 11.8 Å². The van der Waals surface area contributed by atoms with Crippen LogP contribution in [0.3, 0.4) is 0 Å². The molecule has 1 heterocycles. The lowest BCUT2D eigenvalue weighted by molar-refractivity contribution is -0.122. The van der Waals surface area contributed by atoms with Crippen molar-refractivity contribution in [2.45, 2.75) is 12.8 Å². The Bertz CT molecular complexity index is 657. The maximum atomic E-state index is 11.9. The van der Waals surface area contributed by atoms with Crippen molar-refractivity contribution in [2.24, 2.45) is 12.8 Å². The van der Waals surface area contributed by atoms with Crippen LogP contribution in [0.5, 0.6) is 0 Å². The van der Waals surface area contributed by atoms with Crippen LogP contribution < -0.4 is 16.8 Å². The fourth-order valence-electron chi connectivity index (χ4n) is 1.91. The lowest BCUT2D eigenvalue weighted by atomic mass is 10.00. The van der Waals surface area contributed by atoms with Gasteiger partial charge in [0.2, 0.25) is 5.91 Å². The Morgan fingerprint density at radius 1 is 1.53 bits per heavy atom. The van der Waals surface area contributed by atoms with Crippen LogP contribution in [-0.4, -0.2) is 23.6 Å². The highest BCUT2D eigenvalue weighted by Crippen LogP contribution is 2.21. The van der Waals surface area contributed by atoms with Gasteiger partial charge in [0, 0.05) is 20.1 Å². The van der Waals surface area contributed by atoms with Gasteiger partial charge in [-0.15, -0.1) is 0 Å². The van der Waals surface area contributed by atoms with Crippen molar-refractivity contribution in [1.82, 2.24) is 9.88 Å². The molecule has 0 aliphatic carbocycles. The summed E-state index contributed by atoms with van der Waals surface area (Å²) in [6, 6.07) is 5.30. The molecule has 2 aromatic rings. The molecule has 3 N–H and O–H groups in total. The molecule has 1 amide bonds. The van der Waals surface area contributed by atoms with E-state index in [0.29, 0.717) is 24.2 Å². The third-order valence-electron chi connectivity index (χ3n) is 3.15. The highest BCUT2D eigenvalue weighted by atomic mass is 16.4. The Labute approximate surface area is 110 Å². The normalized spacial score (nSPS) is 12.6. The molecule has 0 saturated carbocycles. The monoisotopic (exact) mass is 263 g/mol. The first-order valence-corrected chi connectivity index (χ1v) is 6.12. The topological polar surface area (TPSA) is 90.3 Å². The van der Waals surface area contributed by atoms with E-state index in [4.69, 9.17) is 10.2 Å². The number of aryl methyl sites for hydroxylation is 1. The van der Waals surface area contributed by atoms with Crippen molar-refractivity contribution in [2.75, 3.05) is 13.1 Å². The minimum atomic E-state index is -0.410. The van der Waals surface area contributed by atoms with Gasteiger partial charge in [0.05, 0.1) is 11.4 Å². The molecule has 6 nitrogen and oxygen atoms in total. The summed E-state index contributed by atoms with van der Waals surface area (Å²) in [5, 5.41) is 2.74. The van der Waals surface area contributed by atoms with Crippen molar-refractivity contribution < 1.29 is 9.21 Å². The standard InChI is InChI=1S/C13H17N3O3/c1-8(12(17)15-6-5-14)9-3-4-11-10(7-9)16(2)13(18)19-11/h3-4,7-8H,5-6,14H2,1-2H3,(H,15,17). The fraction of sp³-hybridized carbons (Fsp3) is 0.385. The molecule has 1 aromatic heterocycles. The number of hydrogen-bond donors (Lipinski definition) is 2. The van der Waals surface area contributed by atoms with Crippen LogP contribution in [0.4, 0.5) is 0 Å². The second kappa shape index (κ2) is 5.27. The van der Waals surface area contributed by atoms with Crippen molar-refractivity contribution in [3.8, 4) is 0 Å². The minimum absolute atomic E-state index is 0.0849. The average Bonchev–Trinajstić information content (AvgIpc) is 2.70. The Morgan fingerprint density at radius 2 is 2.26 bits per heavy atom. The number of nitrogens with one attached hydrogen (secondary N) is 1. The molecule has 0 saturated heterocycles. The zero-order valence-corrected chi connectivity index (χ0v) is 11.0. The van der Waals surface area contributed by atoms with Crippen molar-refractivity contribution in [3.05, 3.63) is 34.3 Å². The first-order chi connectivity index (χ1) is 9.04. The number of nitrogens with two attached hydrogens (primary N) is 1. The largest absolute Gasteiger partial charge is 0.419 e. The minimum Gasteiger partial charge on any atom is -0.408 e. The lowest BCUT2D eigenvalue weighted by Crippen LogP contribution is -2.32. The number of carbonyl (C=O) groups is 1. The molecule has 102 valence electrons. The number of rotatable bonds is 4. The number of carbonyl (C=O) groups excluding carboxylic acids is 1. The van der Waals surface area contributed by atoms with Gasteiger partial charge in [0.25, 0.3) is 0 Å². The van der Waals surface area contributed by atoms with Gasteiger partial charge in [-0.1, -0.05) is 6.07 Å². The van der Waals surface area contributed by atoms with E-state index >= 15 is 0 Å². The quantitative estimate of drug-likeness (QED) is 0.830. The molecule has 1 aromatic carbocycles. The van der Waals surface area contributed by atoms with Crippen LogP contribution in [0.25, 0.3) is 11.1 Å². The molecule has 19 heavy (non-hydrogen) atoms. The molecule has 0 radical (unpaired) electrons. The summed E-state index contributed by atoms with van der Waals surface area (Å²) in [7, 11) is 1.64. The lowest BCUT2D eigenvalue weighted by Gasteiger charge is -2.12. The zero-order valence-electron chi connectivity index (χ0n) is 11.0. The number of hydrogen-bond acceptors (Lipinski definition) is 4. The molecule has 1 unspecified atom stereocenters. The second-order valence-electron chi connectivity index (χ2n) is 4.46. The zero-order chi connectivity index (χ0) is 14.0. The van der Waals surface area contributed by atoms with Gasteiger partial charge in [-0.05, 0) is 24.6 Å². The van der Waals surface area contributed by atoms with E-state index < -0.39 is 5.76 Å². The van der Waals surface area contributed by atoms with E-state index in [0.717, 1.165) is 5.56 Å². The summed E-state index contributed by atoms with van der Waals surface area (Å²) in [6.45, 7) is 2.68. The Hall–Kier alpha value is -2.08. The van der Waals surface area contributed by atoms with Gasteiger partial charge in [-0.25, -0.2) is 4.79 Å². The molecular weight excluding hydrogens is 246 g/mol. The molecule has 6 heteroatoms. The first kappa shape index (κ1) is 13.4. The number of amides is 1. The highest BCUT2D eigenvalue weighted by molar-refractivity contribution is 5.85. The molecule has 0 spiro atoms. The van der Waals surface area contributed by atoms with Crippen molar-refractivity contribution >= 4 is 17.0 Å². The van der Waals surface area contributed by atoms with E-state index in [1.54, 1.807) is 25.2 Å². The number of nitrogens with zero attached hydrogens (tertiary/aromatic N) is 1. The summed E-state index contributed by atoms with van der Waals surface area (Å²) in [5.74, 6) is -0.799. The average molecular weight is 263 g/mol. The molecule has 1 atom stereocenters. The van der Waals surface area contributed by atoms with Gasteiger partial charge < -0.3 is 15.5 Å². The predicted octanol–water partition coefficient (Wildman–Crippen LogP) is 0.310. The third-order valence-corrected chi connectivity index (χ3v) is 3.15. The van der Waals surface area contributed by atoms with Crippen LogP contribution in [0, 0.1) is 0 Å². The number of benzene rings is 1. The van der Waals surface area contributed by atoms with Crippen LogP contribution >= 0.6 is 0 Å². The smallest absolute Gasteiger partial charge is 0.408 e. The molecule has 0 aliphatic rings. The van der Waals surface area contributed by atoms with E-state index in [1.807, 2.05) is 6.92 Å². The van der Waals surface area contributed by atoms with Crippen LogP contribution in [0.15, 0.2) is 27.4 Å². The van der Waals surface area contributed by atoms with Crippen LogP contribution in [0.1, 0.15) is 18.4 Å². The van der Waals surface area contributed by atoms with E-state index in [1.165, 1.54) is 4.57 Å². The predicted molar refractivity (Wildman–Crippen MR) is 71.9 cm³/mol. The maximum Gasteiger partial charge on any atom is 0.419 e. The van der Waals surface area contributed by atoms with E-state index in [2.05, 4.69) is 5.32 Å². The molecular formula is C13H17N3O3. The molecule has 0 bridgehead atoms. The van der Waals surface area contributed by atoms with Crippen molar-refractivity contribution in [1.29, 1.82) is 0 Å². The molecule has 0 aliphatic heterocycles. The van der Waals surface area contributed by atoms with E-state index in [9.17, 15) is 9.59 Å². The molecule has 2 rings (SSSR count). The van der Waals surface area contributed by atoms with Crippen molar-refractivity contribution in [3.63, 3.8) is 0 Å². The second-order valence-corrected chi connectivity index (χ2v) is 4.46. The Balaban J connectivity index is 2.32. The van der Waals surface area contributed by atoms with Gasteiger partial charge in [-0.2, -0.15) is 0 Å². The molecule has 0 fully saturated rings. The van der Waals surface area contributed by atoms with Gasteiger partial charge in [-0.3, -0.25) is 9.36 Å². The van der Waals surface area contributed by atoms with Gasteiger partial charge in [0.1, 0.15) is 0 Å². The number of fused-ring (bicyclic) bond motifs is 1. The Morgan fingerprint density at radius 3 is 2.95 bits per heavy atom.